The Morgan fingerprint density at radius 1 is 1.19 bits per heavy atom. The fraction of sp³-hybridized carbons (Fsp3) is 0.250. The number of amides is 1. The predicted molar refractivity (Wildman–Crippen MR) is 105 cm³/mol. The van der Waals surface area contributed by atoms with Crippen molar-refractivity contribution in [3.63, 3.8) is 0 Å². The molecule has 0 fully saturated rings. The van der Waals surface area contributed by atoms with Gasteiger partial charge in [0.2, 0.25) is 5.95 Å². The van der Waals surface area contributed by atoms with Crippen molar-refractivity contribution in [2.24, 2.45) is 0 Å². The van der Waals surface area contributed by atoms with Crippen molar-refractivity contribution >= 4 is 29.1 Å². The molecule has 0 aliphatic heterocycles. The molecule has 1 heterocycles. The Kier molecular flexibility index (Phi) is 5.40. The first kappa shape index (κ1) is 18.4. The molecule has 0 saturated heterocycles. The number of carbonyl (C=O) groups is 1. The van der Waals surface area contributed by atoms with Crippen LogP contribution in [0.5, 0.6) is 5.75 Å². The minimum absolute atomic E-state index is 0.163. The summed E-state index contributed by atoms with van der Waals surface area (Å²) in [5, 5.41) is 11.1. The molecule has 0 radical (unpaired) electrons. The Morgan fingerprint density at radius 2 is 1.89 bits per heavy atom. The van der Waals surface area contributed by atoms with Gasteiger partial charge in [-0.05, 0) is 36.6 Å². The maximum atomic E-state index is 11.9. The Morgan fingerprint density at radius 3 is 2.63 bits per heavy atom. The van der Waals surface area contributed by atoms with Crippen LogP contribution in [0, 0.1) is 5.41 Å². The van der Waals surface area contributed by atoms with Gasteiger partial charge >= 0.3 is 12.1 Å². The van der Waals surface area contributed by atoms with Crippen molar-refractivity contribution in [1.29, 1.82) is 5.41 Å². The minimum atomic E-state index is -0.635. The molecule has 1 aromatic heterocycles. The van der Waals surface area contributed by atoms with Crippen molar-refractivity contribution in [3.05, 3.63) is 54.1 Å². The molecule has 3 aromatic rings. The molecule has 0 atom stereocenters. The fourth-order valence-electron chi connectivity index (χ4n) is 2.77. The average molecular weight is 366 g/mol. The second kappa shape index (κ2) is 7.90. The van der Waals surface area contributed by atoms with Gasteiger partial charge < -0.3 is 9.47 Å². The maximum Gasteiger partial charge on any atom is 0.413 e. The monoisotopic (exact) mass is 366 g/mol. The van der Waals surface area contributed by atoms with E-state index in [-0.39, 0.29) is 24.5 Å². The zero-order valence-electron chi connectivity index (χ0n) is 15.5. The summed E-state index contributed by atoms with van der Waals surface area (Å²) < 4.78 is 12.2. The van der Waals surface area contributed by atoms with Crippen LogP contribution in [-0.2, 0) is 4.74 Å². The Hall–Kier alpha value is -3.35. The number of aromatic nitrogens is 2. The number of hydrogen-bond donors (Lipinski definition) is 2. The summed E-state index contributed by atoms with van der Waals surface area (Å²) in [7, 11) is 0. The average Bonchev–Trinajstić information content (AvgIpc) is 2.99. The SMILES string of the molecule is CCOC(=O)Nc1nc2ccccc2n1C(=N)Oc1ccccc1C(C)C. The van der Waals surface area contributed by atoms with Crippen LogP contribution in [0.25, 0.3) is 11.0 Å². The Balaban J connectivity index is 1.99. The van der Waals surface area contributed by atoms with E-state index >= 15 is 0 Å². The van der Waals surface area contributed by atoms with Gasteiger partial charge in [-0.25, -0.2) is 14.3 Å². The third-order valence-electron chi connectivity index (χ3n) is 4.00. The molecule has 7 nitrogen and oxygen atoms in total. The predicted octanol–water partition coefficient (Wildman–Crippen LogP) is 4.59. The first-order valence-electron chi connectivity index (χ1n) is 8.78. The molecule has 7 heteroatoms. The van der Waals surface area contributed by atoms with Crippen molar-refractivity contribution in [1.82, 2.24) is 9.55 Å². The zero-order chi connectivity index (χ0) is 19.4. The highest BCUT2D eigenvalue weighted by molar-refractivity contribution is 5.95. The summed E-state index contributed by atoms with van der Waals surface area (Å²) >= 11 is 0. The number of anilines is 1. The van der Waals surface area contributed by atoms with E-state index < -0.39 is 6.09 Å². The highest BCUT2D eigenvalue weighted by atomic mass is 16.5. The number of ether oxygens (including phenoxy) is 2. The number of carbonyl (C=O) groups excluding carboxylic acids is 1. The summed E-state index contributed by atoms with van der Waals surface area (Å²) in [6, 6.07) is 14.7. The lowest BCUT2D eigenvalue weighted by Gasteiger charge is -2.15. The largest absolute Gasteiger partial charge is 0.450 e. The molecule has 0 aliphatic carbocycles. The molecular formula is C20H22N4O3. The zero-order valence-corrected chi connectivity index (χ0v) is 15.5. The van der Waals surface area contributed by atoms with Gasteiger partial charge in [0.05, 0.1) is 17.6 Å². The van der Waals surface area contributed by atoms with E-state index in [2.05, 4.69) is 24.1 Å². The van der Waals surface area contributed by atoms with Crippen LogP contribution in [0.2, 0.25) is 0 Å². The van der Waals surface area contributed by atoms with E-state index in [0.717, 1.165) is 5.56 Å². The summed E-state index contributed by atoms with van der Waals surface area (Å²) in [6.45, 7) is 6.08. The van der Waals surface area contributed by atoms with Crippen LogP contribution >= 0.6 is 0 Å². The van der Waals surface area contributed by atoms with E-state index in [0.29, 0.717) is 16.8 Å². The standard InChI is InChI=1S/C20H22N4O3/c1-4-26-20(25)23-19-22-15-10-6-7-11-16(15)24(19)18(21)27-17-12-8-5-9-14(17)13(2)3/h5-13,21H,4H2,1-3H3,(H,22,23,25). The Bertz CT molecular complexity index is 978. The molecule has 0 saturated carbocycles. The van der Waals surface area contributed by atoms with Crippen LogP contribution in [0.3, 0.4) is 0 Å². The molecule has 0 unspecified atom stereocenters. The number of nitrogens with zero attached hydrogens (tertiary/aromatic N) is 2. The van der Waals surface area contributed by atoms with Gasteiger partial charge in [-0.15, -0.1) is 0 Å². The van der Waals surface area contributed by atoms with Crippen molar-refractivity contribution in [2.75, 3.05) is 11.9 Å². The lowest BCUT2D eigenvalue weighted by atomic mass is 10.0. The van der Waals surface area contributed by atoms with Gasteiger partial charge in [0.25, 0.3) is 0 Å². The normalized spacial score (nSPS) is 10.8. The van der Waals surface area contributed by atoms with E-state index in [1.54, 1.807) is 13.0 Å². The smallest absolute Gasteiger partial charge is 0.413 e. The van der Waals surface area contributed by atoms with Gasteiger partial charge in [0, 0.05) is 0 Å². The lowest BCUT2D eigenvalue weighted by Crippen LogP contribution is -2.23. The quantitative estimate of drug-likeness (QED) is 0.522. The van der Waals surface area contributed by atoms with E-state index in [1.165, 1.54) is 4.57 Å². The van der Waals surface area contributed by atoms with E-state index in [4.69, 9.17) is 14.9 Å². The molecule has 0 aliphatic rings. The summed E-state index contributed by atoms with van der Waals surface area (Å²) in [6.07, 6.45) is -0.635. The topological polar surface area (TPSA) is 89.2 Å². The molecule has 0 bridgehead atoms. The van der Waals surface area contributed by atoms with E-state index in [9.17, 15) is 4.79 Å². The number of para-hydroxylation sites is 3. The number of imidazole rings is 1. The van der Waals surface area contributed by atoms with Gasteiger partial charge in [0.15, 0.2) is 0 Å². The number of fused-ring (bicyclic) bond motifs is 1. The number of nitrogens with one attached hydrogen (secondary N) is 2. The molecule has 27 heavy (non-hydrogen) atoms. The molecule has 3 rings (SSSR count). The molecule has 0 spiro atoms. The maximum absolute atomic E-state index is 11.9. The molecule has 140 valence electrons. The fourth-order valence-corrected chi connectivity index (χ4v) is 2.77. The first-order chi connectivity index (χ1) is 13.0. The second-order valence-electron chi connectivity index (χ2n) is 6.20. The van der Waals surface area contributed by atoms with Crippen LogP contribution in [0.1, 0.15) is 32.3 Å². The molecule has 2 N–H and O–H groups in total. The van der Waals surface area contributed by atoms with Gasteiger partial charge in [0.1, 0.15) is 5.75 Å². The minimum Gasteiger partial charge on any atom is -0.450 e. The first-order valence-corrected chi connectivity index (χ1v) is 8.78. The molecule has 2 aromatic carbocycles. The number of hydrogen-bond acceptors (Lipinski definition) is 5. The number of rotatable bonds is 4. The van der Waals surface area contributed by atoms with Crippen molar-refractivity contribution < 1.29 is 14.3 Å². The van der Waals surface area contributed by atoms with Crippen LogP contribution in [0.4, 0.5) is 10.7 Å². The van der Waals surface area contributed by atoms with E-state index in [1.807, 2.05) is 42.5 Å². The third kappa shape index (κ3) is 3.92. The summed E-state index contributed by atoms with van der Waals surface area (Å²) in [5.74, 6) is 1.00. The van der Waals surface area contributed by atoms with Crippen molar-refractivity contribution in [3.8, 4) is 5.75 Å². The highest BCUT2D eigenvalue weighted by Gasteiger charge is 2.19. The molecule has 1 amide bonds. The van der Waals surface area contributed by atoms with Crippen molar-refractivity contribution in [2.45, 2.75) is 26.7 Å². The summed E-state index contributed by atoms with van der Waals surface area (Å²) in [4.78, 5) is 16.3. The highest BCUT2D eigenvalue weighted by Crippen LogP contribution is 2.27. The van der Waals surface area contributed by atoms with Gasteiger partial charge in [-0.1, -0.05) is 44.2 Å². The van der Waals surface area contributed by atoms with Gasteiger partial charge in [-0.2, -0.15) is 0 Å². The second-order valence-corrected chi connectivity index (χ2v) is 6.20. The molecular weight excluding hydrogens is 344 g/mol. The lowest BCUT2D eigenvalue weighted by molar-refractivity contribution is 0.167. The Labute approximate surface area is 157 Å². The summed E-state index contributed by atoms with van der Waals surface area (Å²) in [5.41, 5.74) is 2.28. The third-order valence-corrected chi connectivity index (χ3v) is 4.00. The van der Waals surface area contributed by atoms with Crippen LogP contribution < -0.4 is 10.1 Å². The van der Waals surface area contributed by atoms with Crippen LogP contribution in [-0.4, -0.2) is 28.3 Å². The van der Waals surface area contributed by atoms with Crippen LogP contribution in [0.15, 0.2) is 48.5 Å². The number of benzene rings is 2. The van der Waals surface area contributed by atoms with Gasteiger partial charge in [-0.3, -0.25) is 10.7 Å².